The van der Waals surface area contributed by atoms with Crippen LogP contribution in [-0.2, 0) is 0 Å². The van der Waals surface area contributed by atoms with Crippen molar-refractivity contribution in [1.82, 2.24) is 5.16 Å². The van der Waals surface area contributed by atoms with Gasteiger partial charge in [0.05, 0.1) is 11.8 Å². The fourth-order valence-electron chi connectivity index (χ4n) is 1.04. The van der Waals surface area contributed by atoms with Gasteiger partial charge in [-0.1, -0.05) is 17.3 Å². The smallest absolute Gasteiger partial charge is 0.233 e. The van der Waals surface area contributed by atoms with Crippen molar-refractivity contribution < 1.29 is 8.91 Å². The molecule has 2 rings (SSSR count). The van der Waals surface area contributed by atoms with Gasteiger partial charge in [0.15, 0.2) is 0 Å². The maximum Gasteiger partial charge on any atom is 0.233 e. The van der Waals surface area contributed by atoms with E-state index in [-0.39, 0.29) is 11.0 Å². The highest BCUT2D eigenvalue weighted by atomic mass is 35.5. The predicted octanol–water partition coefficient (Wildman–Crippen LogP) is 3.13. The summed E-state index contributed by atoms with van der Waals surface area (Å²) in [5.74, 6) is -0.281. The van der Waals surface area contributed by atoms with Crippen LogP contribution in [0.1, 0.15) is 0 Å². The van der Waals surface area contributed by atoms with E-state index in [0.717, 1.165) is 5.56 Å². The van der Waals surface area contributed by atoms with Crippen LogP contribution in [0, 0.1) is 5.82 Å². The first-order valence-electron chi connectivity index (χ1n) is 3.63. The van der Waals surface area contributed by atoms with Crippen LogP contribution in [0.5, 0.6) is 0 Å². The SMILES string of the molecule is Fc1ccc(-c2cnoc2Cl)cc1. The molecule has 0 aliphatic rings. The first kappa shape index (κ1) is 8.26. The number of hydrogen-bond donors (Lipinski definition) is 0. The summed E-state index contributed by atoms with van der Waals surface area (Å²) in [6.07, 6.45) is 1.50. The van der Waals surface area contributed by atoms with Crippen LogP contribution in [-0.4, -0.2) is 5.16 Å². The van der Waals surface area contributed by atoms with Crippen LogP contribution in [0.25, 0.3) is 11.1 Å². The third kappa shape index (κ3) is 1.55. The zero-order chi connectivity index (χ0) is 9.26. The molecule has 0 spiro atoms. The third-order valence-electron chi connectivity index (χ3n) is 1.68. The van der Waals surface area contributed by atoms with E-state index in [9.17, 15) is 4.39 Å². The summed E-state index contributed by atoms with van der Waals surface area (Å²) in [5.41, 5.74) is 1.45. The molecule has 0 fully saturated rings. The second-order valence-electron chi connectivity index (χ2n) is 2.52. The normalized spacial score (nSPS) is 10.3. The Morgan fingerprint density at radius 3 is 2.46 bits per heavy atom. The van der Waals surface area contributed by atoms with Crippen LogP contribution in [0.3, 0.4) is 0 Å². The highest BCUT2D eigenvalue weighted by Gasteiger charge is 2.06. The first-order valence-corrected chi connectivity index (χ1v) is 4.01. The maximum atomic E-state index is 12.6. The number of nitrogens with zero attached hydrogens (tertiary/aromatic N) is 1. The van der Waals surface area contributed by atoms with Gasteiger partial charge in [-0.25, -0.2) is 4.39 Å². The van der Waals surface area contributed by atoms with Crippen molar-refractivity contribution in [1.29, 1.82) is 0 Å². The van der Waals surface area contributed by atoms with Crippen LogP contribution < -0.4 is 0 Å². The molecule has 0 saturated carbocycles. The Morgan fingerprint density at radius 1 is 1.23 bits per heavy atom. The molecule has 1 aromatic carbocycles. The molecule has 0 aliphatic carbocycles. The van der Waals surface area contributed by atoms with Gasteiger partial charge in [-0.15, -0.1) is 0 Å². The van der Waals surface area contributed by atoms with Crippen LogP contribution >= 0.6 is 11.6 Å². The van der Waals surface area contributed by atoms with Gasteiger partial charge in [-0.2, -0.15) is 0 Å². The quantitative estimate of drug-likeness (QED) is 0.702. The number of benzene rings is 1. The summed E-state index contributed by atoms with van der Waals surface area (Å²) in [4.78, 5) is 0. The summed E-state index contributed by atoms with van der Waals surface area (Å²) >= 11 is 5.69. The minimum atomic E-state index is -0.281. The minimum absolute atomic E-state index is 0.214. The van der Waals surface area contributed by atoms with Crippen molar-refractivity contribution >= 4 is 11.6 Å². The summed E-state index contributed by atoms with van der Waals surface area (Å²) < 4.78 is 17.2. The van der Waals surface area contributed by atoms with E-state index in [4.69, 9.17) is 11.6 Å². The Labute approximate surface area is 78.9 Å². The molecule has 1 aromatic heterocycles. The van der Waals surface area contributed by atoms with Gasteiger partial charge in [0.1, 0.15) is 5.82 Å². The third-order valence-corrected chi connectivity index (χ3v) is 1.95. The molecule has 2 nitrogen and oxygen atoms in total. The molecule has 0 atom stereocenters. The summed E-state index contributed by atoms with van der Waals surface area (Å²) in [5, 5.41) is 3.73. The molecule has 0 saturated heterocycles. The maximum absolute atomic E-state index is 12.6. The number of hydrogen-bond acceptors (Lipinski definition) is 2. The lowest BCUT2D eigenvalue weighted by Crippen LogP contribution is -1.76. The molecule has 0 N–H and O–H groups in total. The Balaban J connectivity index is 2.47. The standard InChI is InChI=1S/C9H5ClFNO/c10-9-8(5-12-13-9)6-1-3-7(11)4-2-6/h1-5H. The van der Waals surface area contributed by atoms with E-state index in [1.807, 2.05) is 0 Å². The molecule has 0 unspecified atom stereocenters. The molecule has 66 valence electrons. The fourth-order valence-corrected chi connectivity index (χ4v) is 1.24. The van der Waals surface area contributed by atoms with Crippen LogP contribution in [0.4, 0.5) is 4.39 Å². The molecule has 0 bridgehead atoms. The van der Waals surface area contributed by atoms with Crippen molar-refractivity contribution in [3.05, 3.63) is 41.5 Å². The van der Waals surface area contributed by atoms with E-state index < -0.39 is 0 Å². The van der Waals surface area contributed by atoms with Gasteiger partial charge in [0, 0.05) is 0 Å². The average Bonchev–Trinajstić information content (AvgIpc) is 2.53. The lowest BCUT2D eigenvalue weighted by Gasteiger charge is -1.95. The molecular weight excluding hydrogens is 193 g/mol. The second kappa shape index (κ2) is 3.18. The zero-order valence-corrected chi connectivity index (χ0v) is 7.25. The molecule has 13 heavy (non-hydrogen) atoms. The van der Waals surface area contributed by atoms with Crippen LogP contribution in [0.2, 0.25) is 5.22 Å². The van der Waals surface area contributed by atoms with Crippen molar-refractivity contribution in [2.45, 2.75) is 0 Å². The van der Waals surface area contributed by atoms with Gasteiger partial charge in [0.25, 0.3) is 0 Å². The largest absolute Gasteiger partial charge is 0.344 e. The van der Waals surface area contributed by atoms with E-state index >= 15 is 0 Å². The summed E-state index contributed by atoms with van der Waals surface area (Å²) in [7, 11) is 0. The summed E-state index contributed by atoms with van der Waals surface area (Å²) in [6.45, 7) is 0. The highest BCUT2D eigenvalue weighted by Crippen LogP contribution is 2.26. The number of aromatic nitrogens is 1. The van der Waals surface area contributed by atoms with E-state index in [0.29, 0.717) is 5.56 Å². The predicted molar refractivity (Wildman–Crippen MR) is 46.9 cm³/mol. The molecule has 4 heteroatoms. The Morgan fingerprint density at radius 2 is 1.92 bits per heavy atom. The van der Waals surface area contributed by atoms with Crippen LogP contribution in [0.15, 0.2) is 35.0 Å². The lowest BCUT2D eigenvalue weighted by atomic mass is 10.1. The van der Waals surface area contributed by atoms with Gasteiger partial charge >= 0.3 is 0 Å². The fraction of sp³-hybridized carbons (Fsp3) is 0. The molecule has 2 aromatic rings. The lowest BCUT2D eigenvalue weighted by molar-refractivity contribution is 0.422. The van der Waals surface area contributed by atoms with Crippen molar-refractivity contribution in [3.63, 3.8) is 0 Å². The molecule has 0 aliphatic heterocycles. The number of rotatable bonds is 1. The van der Waals surface area contributed by atoms with Gasteiger partial charge < -0.3 is 4.52 Å². The van der Waals surface area contributed by atoms with Gasteiger partial charge in [0.2, 0.25) is 5.22 Å². The Kier molecular flexibility index (Phi) is 2.02. The zero-order valence-electron chi connectivity index (χ0n) is 6.50. The molecule has 0 radical (unpaired) electrons. The van der Waals surface area contributed by atoms with E-state index in [2.05, 4.69) is 9.68 Å². The minimum Gasteiger partial charge on any atom is -0.344 e. The molecular formula is C9H5ClFNO. The molecule has 0 amide bonds. The first-order chi connectivity index (χ1) is 6.27. The second-order valence-corrected chi connectivity index (χ2v) is 2.86. The van der Waals surface area contributed by atoms with Gasteiger partial charge in [-0.3, -0.25) is 0 Å². The number of halogens is 2. The van der Waals surface area contributed by atoms with Crippen molar-refractivity contribution in [2.24, 2.45) is 0 Å². The average molecular weight is 198 g/mol. The van der Waals surface area contributed by atoms with E-state index in [1.54, 1.807) is 12.1 Å². The van der Waals surface area contributed by atoms with E-state index in [1.165, 1.54) is 18.3 Å². The Bertz CT molecular complexity index is 410. The summed E-state index contributed by atoms with van der Waals surface area (Å²) in [6, 6.07) is 5.96. The topological polar surface area (TPSA) is 26.0 Å². The Hall–Kier alpha value is -1.35. The van der Waals surface area contributed by atoms with Crippen molar-refractivity contribution in [3.8, 4) is 11.1 Å². The highest BCUT2D eigenvalue weighted by molar-refractivity contribution is 6.31. The van der Waals surface area contributed by atoms with Gasteiger partial charge in [-0.05, 0) is 29.3 Å². The van der Waals surface area contributed by atoms with Crippen molar-refractivity contribution in [2.75, 3.05) is 0 Å². The monoisotopic (exact) mass is 197 g/mol. The molecule has 1 heterocycles.